The molecule has 1 N–H and O–H groups in total. The second-order valence-corrected chi connectivity index (χ2v) is 7.37. The van der Waals surface area contributed by atoms with Gasteiger partial charge in [-0.2, -0.15) is 0 Å². The Bertz CT molecular complexity index is 787. The van der Waals surface area contributed by atoms with Crippen molar-refractivity contribution in [3.63, 3.8) is 0 Å². The fourth-order valence-corrected chi connectivity index (χ4v) is 3.24. The highest BCUT2D eigenvalue weighted by Crippen LogP contribution is 2.41. The number of hydrogen-bond donors (Lipinski definition) is 1. The molecule has 1 aromatic rings. The Hall–Kier alpha value is -2.68. The van der Waals surface area contributed by atoms with E-state index >= 15 is 0 Å². The summed E-state index contributed by atoms with van der Waals surface area (Å²) in [5.74, 6) is -1.38. The van der Waals surface area contributed by atoms with Gasteiger partial charge < -0.3 is 14.6 Å². The molecule has 26 heavy (non-hydrogen) atoms. The minimum Gasteiger partial charge on any atom is -0.464 e. The standard InChI is InChI=1S/C17H21N3O6/c1-16(2,3)19-8-7-17(9-19)14(22)20(15(23)24)11-6-5-10(13(21)25-4)18-12(11)26-17/h5-6H,7-9H2,1-4H3,(H,23,24)/t17-/m1/s1. The van der Waals surface area contributed by atoms with Gasteiger partial charge in [0, 0.05) is 25.0 Å². The minimum absolute atomic E-state index is 0.00464. The molecule has 2 aliphatic rings. The molecule has 0 saturated carbocycles. The Labute approximate surface area is 150 Å². The number of nitrogens with zero attached hydrogens (tertiary/aromatic N) is 3. The van der Waals surface area contributed by atoms with Gasteiger partial charge in [0.25, 0.3) is 5.91 Å². The van der Waals surface area contributed by atoms with E-state index in [2.05, 4.69) is 14.6 Å². The number of hydrogen-bond acceptors (Lipinski definition) is 7. The summed E-state index contributed by atoms with van der Waals surface area (Å²) in [6, 6.07) is 2.62. The van der Waals surface area contributed by atoms with Gasteiger partial charge in [-0.3, -0.25) is 9.69 Å². The van der Waals surface area contributed by atoms with Gasteiger partial charge in [0.2, 0.25) is 11.5 Å². The molecule has 0 unspecified atom stereocenters. The van der Waals surface area contributed by atoms with Crippen molar-refractivity contribution in [3.8, 4) is 5.88 Å². The molecule has 0 radical (unpaired) electrons. The van der Waals surface area contributed by atoms with E-state index < -0.39 is 23.6 Å². The highest BCUT2D eigenvalue weighted by molar-refractivity contribution is 6.17. The van der Waals surface area contributed by atoms with Crippen LogP contribution < -0.4 is 9.64 Å². The molecular formula is C17H21N3O6. The van der Waals surface area contributed by atoms with E-state index in [9.17, 15) is 19.5 Å². The molecule has 3 rings (SSSR count). The summed E-state index contributed by atoms with van der Waals surface area (Å²) in [5, 5.41) is 9.57. The Balaban J connectivity index is 2.06. The first-order valence-electron chi connectivity index (χ1n) is 8.20. The van der Waals surface area contributed by atoms with Crippen molar-refractivity contribution in [3.05, 3.63) is 17.8 Å². The molecule has 1 fully saturated rings. The summed E-state index contributed by atoms with van der Waals surface area (Å²) in [6.07, 6.45) is -1.09. The van der Waals surface area contributed by atoms with Crippen molar-refractivity contribution in [1.29, 1.82) is 0 Å². The lowest BCUT2D eigenvalue weighted by Crippen LogP contribution is -2.60. The minimum atomic E-state index is -1.42. The lowest BCUT2D eigenvalue weighted by Gasteiger charge is -2.39. The van der Waals surface area contributed by atoms with Crippen LogP contribution in [0.2, 0.25) is 0 Å². The zero-order valence-corrected chi connectivity index (χ0v) is 15.1. The number of fused-ring (bicyclic) bond motifs is 1. The first-order valence-corrected chi connectivity index (χ1v) is 8.20. The van der Waals surface area contributed by atoms with Crippen LogP contribution in [0.3, 0.4) is 0 Å². The van der Waals surface area contributed by atoms with E-state index in [1.807, 2.05) is 20.8 Å². The second-order valence-electron chi connectivity index (χ2n) is 7.37. The summed E-state index contributed by atoms with van der Waals surface area (Å²) in [4.78, 5) is 43.2. The molecule has 2 aliphatic heterocycles. The SMILES string of the molecule is COC(=O)c1ccc2c(n1)O[C@@]1(CCN(C(C)(C)C)C1)C(=O)N2C(=O)O. The highest BCUT2D eigenvalue weighted by atomic mass is 16.5. The maximum absolute atomic E-state index is 13.0. The van der Waals surface area contributed by atoms with E-state index in [4.69, 9.17) is 4.74 Å². The van der Waals surface area contributed by atoms with Crippen molar-refractivity contribution < 1.29 is 29.0 Å². The lowest BCUT2D eigenvalue weighted by molar-refractivity contribution is -0.134. The molecule has 1 saturated heterocycles. The van der Waals surface area contributed by atoms with Crippen LogP contribution in [0.5, 0.6) is 5.88 Å². The van der Waals surface area contributed by atoms with Gasteiger partial charge in [0.05, 0.1) is 7.11 Å². The smallest absolute Gasteiger partial charge is 0.419 e. The van der Waals surface area contributed by atoms with Crippen LogP contribution in [0.1, 0.15) is 37.7 Å². The third-order valence-electron chi connectivity index (χ3n) is 4.73. The summed E-state index contributed by atoms with van der Waals surface area (Å²) >= 11 is 0. The molecular weight excluding hydrogens is 342 g/mol. The number of ether oxygens (including phenoxy) is 2. The molecule has 1 spiro atoms. The number of carbonyl (C=O) groups is 3. The number of imide groups is 1. The summed E-state index contributed by atoms with van der Waals surface area (Å²) in [6.45, 7) is 6.85. The number of carbonyl (C=O) groups excluding carboxylic acids is 2. The number of carboxylic acid groups (broad SMARTS) is 1. The summed E-state index contributed by atoms with van der Waals surface area (Å²) in [5.41, 5.74) is -1.58. The third kappa shape index (κ3) is 2.78. The van der Waals surface area contributed by atoms with Gasteiger partial charge in [0.15, 0.2) is 5.69 Å². The molecule has 0 bridgehead atoms. The van der Waals surface area contributed by atoms with Crippen LogP contribution in [0.25, 0.3) is 0 Å². The number of methoxy groups -OCH3 is 1. The Morgan fingerprint density at radius 2 is 2.04 bits per heavy atom. The van der Waals surface area contributed by atoms with E-state index in [-0.39, 0.29) is 29.3 Å². The largest absolute Gasteiger partial charge is 0.464 e. The van der Waals surface area contributed by atoms with Crippen LogP contribution in [-0.4, -0.2) is 64.3 Å². The van der Waals surface area contributed by atoms with E-state index in [1.54, 1.807) is 0 Å². The predicted molar refractivity (Wildman–Crippen MR) is 90.4 cm³/mol. The zero-order chi connectivity index (χ0) is 19.3. The molecule has 9 nitrogen and oxygen atoms in total. The summed E-state index contributed by atoms with van der Waals surface area (Å²) in [7, 11) is 1.22. The van der Waals surface area contributed by atoms with E-state index in [1.165, 1.54) is 19.2 Å². The van der Waals surface area contributed by atoms with Crippen molar-refractivity contribution in [1.82, 2.24) is 9.88 Å². The maximum Gasteiger partial charge on any atom is 0.419 e. The number of rotatable bonds is 1. The molecule has 3 heterocycles. The van der Waals surface area contributed by atoms with Crippen LogP contribution in [0, 0.1) is 0 Å². The highest BCUT2D eigenvalue weighted by Gasteiger charge is 2.56. The maximum atomic E-state index is 13.0. The van der Waals surface area contributed by atoms with Crippen molar-refractivity contribution in [2.24, 2.45) is 0 Å². The monoisotopic (exact) mass is 363 g/mol. The molecule has 140 valence electrons. The number of pyridine rings is 1. The molecule has 1 aromatic heterocycles. The van der Waals surface area contributed by atoms with Crippen LogP contribution in [-0.2, 0) is 9.53 Å². The molecule has 1 atom stereocenters. The number of likely N-dealkylation sites (tertiary alicyclic amines) is 1. The average molecular weight is 363 g/mol. The molecule has 9 heteroatoms. The normalized spacial score (nSPS) is 22.9. The lowest BCUT2D eigenvalue weighted by atomic mass is 9.98. The zero-order valence-electron chi connectivity index (χ0n) is 15.1. The number of anilines is 1. The Morgan fingerprint density at radius 3 is 2.58 bits per heavy atom. The fourth-order valence-electron chi connectivity index (χ4n) is 3.24. The van der Waals surface area contributed by atoms with Crippen LogP contribution in [0.4, 0.5) is 10.5 Å². The fraction of sp³-hybridized carbons (Fsp3) is 0.529. The third-order valence-corrected chi connectivity index (χ3v) is 4.73. The predicted octanol–water partition coefficient (Wildman–Crippen LogP) is 1.51. The van der Waals surface area contributed by atoms with Crippen LogP contribution >= 0.6 is 0 Å². The topological polar surface area (TPSA) is 109 Å². The summed E-state index contributed by atoms with van der Waals surface area (Å²) < 4.78 is 10.6. The number of amides is 2. The van der Waals surface area contributed by atoms with Crippen molar-refractivity contribution in [2.45, 2.75) is 38.3 Å². The van der Waals surface area contributed by atoms with Gasteiger partial charge >= 0.3 is 12.1 Å². The van der Waals surface area contributed by atoms with Gasteiger partial charge in [-0.1, -0.05) is 0 Å². The van der Waals surface area contributed by atoms with Crippen molar-refractivity contribution >= 4 is 23.7 Å². The first kappa shape index (κ1) is 18.1. The van der Waals surface area contributed by atoms with Gasteiger partial charge in [0.1, 0.15) is 5.69 Å². The number of esters is 1. The first-order chi connectivity index (χ1) is 12.1. The average Bonchev–Trinajstić information content (AvgIpc) is 3.00. The van der Waals surface area contributed by atoms with E-state index in [0.29, 0.717) is 17.9 Å². The van der Waals surface area contributed by atoms with Crippen LogP contribution in [0.15, 0.2) is 12.1 Å². The molecule has 2 amide bonds. The van der Waals surface area contributed by atoms with Crippen molar-refractivity contribution in [2.75, 3.05) is 25.1 Å². The second kappa shape index (κ2) is 5.94. The number of aromatic nitrogens is 1. The Kier molecular flexibility index (Phi) is 4.14. The van der Waals surface area contributed by atoms with E-state index in [0.717, 1.165) is 0 Å². The molecule has 0 aromatic carbocycles. The quantitative estimate of drug-likeness (QED) is 0.748. The van der Waals surface area contributed by atoms with Gasteiger partial charge in [-0.05, 0) is 32.9 Å². The molecule has 0 aliphatic carbocycles. The van der Waals surface area contributed by atoms with Gasteiger partial charge in [-0.15, -0.1) is 0 Å². The Morgan fingerprint density at radius 1 is 1.35 bits per heavy atom. The van der Waals surface area contributed by atoms with Gasteiger partial charge in [-0.25, -0.2) is 19.5 Å².